The van der Waals surface area contributed by atoms with Gasteiger partial charge in [-0.1, -0.05) is 31.0 Å². The molecule has 0 unspecified atom stereocenters. The minimum absolute atomic E-state index is 0.0340. The van der Waals surface area contributed by atoms with Crippen molar-refractivity contribution in [1.29, 1.82) is 0 Å². The Hall–Kier alpha value is -1.38. The summed E-state index contributed by atoms with van der Waals surface area (Å²) in [6, 6.07) is 0.243. The van der Waals surface area contributed by atoms with Crippen molar-refractivity contribution in [2.75, 3.05) is 26.0 Å². The zero-order valence-corrected chi connectivity index (χ0v) is 18.2. The second-order valence-corrected chi connectivity index (χ2v) is 9.67. The molecular formula is C20H27N3O3S2. The second-order valence-electron chi connectivity index (χ2n) is 7.62. The predicted molar refractivity (Wildman–Crippen MR) is 113 cm³/mol. The first-order valence-corrected chi connectivity index (χ1v) is 11.9. The molecule has 0 radical (unpaired) electrons. The van der Waals surface area contributed by atoms with E-state index in [4.69, 9.17) is 9.72 Å². The first kappa shape index (κ1) is 19.9. The number of carbonyl (C=O) groups is 1. The molecule has 28 heavy (non-hydrogen) atoms. The van der Waals surface area contributed by atoms with E-state index in [1.165, 1.54) is 41.5 Å². The van der Waals surface area contributed by atoms with Crippen LogP contribution in [0.1, 0.15) is 55.5 Å². The molecule has 0 spiro atoms. The molecule has 0 atom stereocenters. The minimum Gasteiger partial charge on any atom is -0.465 e. The maximum atomic E-state index is 13.4. The SMILES string of the molecule is CCOC(=O)CSc1nc2sc3c(c2n(C2CCCCC2)c1=O)CCN(C)C3. The van der Waals surface area contributed by atoms with Gasteiger partial charge >= 0.3 is 5.97 Å². The van der Waals surface area contributed by atoms with E-state index in [1.54, 1.807) is 18.3 Å². The highest BCUT2D eigenvalue weighted by molar-refractivity contribution is 7.99. The summed E-state index contributed by atoms with van der Waals surface area (Å²) >= 11 is 2.92. The molecule has 0 saturated heterocycles. The molecule has 1 aliphatic heterocycles. The van der Waals surface area contributed by atoms with Crippen LogP contribution in [0, 0.1) is 0 Å². The molecular weight excluding hydrogens is 394 g/mol. The molecule has 6 nitrogen and oxygen atoms in total. The highest BCUT2D eigenvalue weighted by Crippen LogP contribution is 2.37. The van der Waals surface area contributed by atoms with E-state index in [2.05, 4.69) is 11.9 Å². The van der Waals surface area contributed by atoms with E-state index in [-0.39, 0.29) is 23.3 Å². The lowest BCUT2D eigenvalue weighted by Gasteiger charge is -2.27. The fourth-order valence-corrected chi connectivity index (χ4v) is 6.35. The second kappa shape index (κ2) is 8.55. The van der Waals surface area contributed by atoms with Gasteiger partial charge < -0.3 is 14.2 Å². The Kier molecular flexibility index (Phi) is 6.08. The number of likely N-dealkylation sites (N-methyl/N-ethyl adjacent to an activating group) is 1. The fraction of sp³-hybridized carbons (Fsp3) is 0.650. The quantitative estimate of drug-likeness (QED) is 0.543. The highest BCUT2D eigenvalue weighted by Gasteiger charge is 2.28. The summed E-state index contributed by atoms with van der Waals surface area (Å²) in [4.78, 5) is 34.5. The van der Waals surface area contributed by atoms with Crippen LogP contribution < -0.4 is 5.56 Å². The van der Waals surface area contributed by atoms with E-state index < -0.39 is 0 Å². The lowest BCUT2D eigenvalue weighted by molar-refractivity contribution is -0.139. The number of hydrogen-bond donors (Lipinski definition) is 0. The van der Waals surface area contributed by atoms with Crippen LogP contribution in [-0.2, 0) is 22.5 Å². The Morgan fingerprint density at radius 3 is 2.86 bits per heavy atom. The first-order valence-electron chi connectivity index (χ1n) is 10.1. The maximum absolute atomic E-state index is 13.4. The van der Waals surface area contributed by atoms with Crippen LogP contribution in [0.2, 0.25) is 0 Å². The van der Waals surface area contributed by atoms with Gasteiger partial charge in [0.1, 0.15) is 4.83 Å². The normalized spacial score (nSPS) is 18.4. The molecule has 0 N–H and O–H groups in total. The molecule has 3 heterocycles. The van der Waals surface area contributed by atoms with E-state index in [1.807, 2.05) is 4.57 Å². The molecule has 0 bridgehead atoms. The summed E-state index contributed by atoms with van der Waals surface area (Å²) in [7, 11) is 2.13. The summed E-state index contributed by atoms with van der Waals surface area (Å²) in [6.45, 7) is 4.07. The molecule has 0 amide bonds. The van der Waals surface area contributed by atoms with Gasteiger partial charge in [-0.2, -0.15) is 0 Å². The zero-order chi connectivity index (χ0) is 19.7. The third-order valence-electron chi connectivity index (χ3n) is 5.62. The number of thioether (sulfide) groups is 1. The minimum atomic E-state index is -0.301. The number of nitrogens with zero attached hydrogens (tertiary/aromatic N) is 3. The monoisotopic (exact) mass is 421 g/mol. The van der Waals surface area contributed by atoms with E-state index >= 15 is 0 Å². The highest BCUT2D eigenvalue weighted by atomic mass is 32.2. The molecule has 4 rings (SSSR count). The van der Waals surface area contributed by atoms with Crippen molar-refractivity contribution in [1.82, 2.24) is 14.5 Å². The van der Waals surface area contributed by atoms with Crippen molar-refractivity contribution in [3.8, 4) is 0 Å². The average molecular weight is 422 g/mol. The molecule has 1 saturated carbocycles. The predicted octanol–water partition coefficient (Wildman–Crippen LogP) is 3.61. The van der Waals surface area contributed by atoms with Crippen LogP contribution in [0.4, 0.5) is 0 Å². The van der Waals surface area contributed by atoms with Gasteiger partial charge in [0, 0.05) is 24.0 Å². The largest absolute Gasteiger partial charge is 0.465 e. The van der Waals surface area contributed by atoms with E-state index in [0.717, 1.165) is 42.7 Å². The molecule has 1 fully saturated rings. The molecule has 152 valence electrons. The number of thiophene rings is 1. The first-order chi connectivity index (χ1) is 13.6. The Labute approximate surface area is 173 Å². The smallest absolute Gasteiger partial charge is 0.316 e. The fourth-order valence-electron chi connectivity index (χ4n) is 4.28. The molecule has 2 aromatic rings. The van der Waals surface area contributed by atoms with Crippen molar-refractivity contribution < 1.29 is 9.53 Å². The number of fused-ring (bicyclic) bond motifs is 3. The standard InChI is InChI=1S/C20H27N3O3S2/c1-3-26-16(24)12-27-19-20(25)23(13-7-5-4-6-8-13)17-14-9-10-22(2)11-15(14)28-18(17)21-19/h13H,3-12H2,1-2H3. The number of hydrogen-bond acceptors (Lipinski definition) is 7. The molecule has 8 heteroatoms. The lowest BCUT2D eigenvalue weighted by Crippen LogP contribution is -2.30. The van der Waals surface area contributed by atoms with Crippen LogP contribution in [0.3, 0.4) is 0 Å². The third kappa shape index (κ3) is 3.86. The summed E-state index contributed by atoms with van der Waals surface area (Å²) < 4.78 is 7.05. The van der Waals surface area contributed by atoms with E-state index in [0.29, 0.717) is 11.6 Å². The number of aromatic nitrogens is 2. The van der Waals surface area contributed by atoms with Crippen molar-refractivity contribution in [2.45, 2.75) is 63.1 Å². The Morgan fingerprint density at radius 2 is 2.11 bits per heavy atom. The van der Waals surface area contributed by atoms with Crippen LogP contribution >= 0.6 is 23.1 Å². The summed E-state index contributed by atoms with van der Waals surface area (Å²) in [5, 5.41) is 0.429. The van der Waals surface area contributed by atoms with Crippen molar-refractivity contribution >= 4 is 39.4 Å². The van der Waals surface area contributed by atoms with Crippen LogP contribution in [0.5, 0.6) is 0 Å². The third-order valence-corrected chi connectivity index (χ3v) is 7.64. The van der Waals surface area contributed by atoms with Crippen molar-refractivity contribution in [3.63, 3.8) is 0 Å². The molecule has 2 aromatic heterocycles. The van der Waals surface area contributed by atoms with Gasteiger partial charge in [0.05, 0.1) is 17.9 Å². The number of esters is 1. The lowest BCUT2D eigenvalue weighted by atomic mass is 9.94. The number of ether oxygens (including phenoxy) is 1. The molecule has 2 aliphatic rings. The van der Waals surface area contributed by atoms with Gasteiger partial charge in [0.2, 0.25) is 0 Å². The molecule has 1 aliphatic carbocycles. The summed E-state index contributed by atoms with van der Waals surface area (Å²) in [5.74, 6) is -0.176. The van der Waals surface area contributed by atoms with Gasteiger partial charge in [-0.15, -0.1) is 11.3 Å². The molecule has 0 aromatic carbocycles. The number of carbonyl (C=O) groups excluding carboxylic acids is 1. The zero-order valence-electron chi connectivity index (χ0n) is 16.5. The van der Waals surface area contributed by atoms with Crippen LogP contribution in [0.15, 0.2) is 9.82 Å². The summed E-state index contributed by atoms with van der Waals surface area (Å²) in [5.41, 5.74) is 2.34. The van der Waals surface area contributed by atoms with Gasteiger partial charge in [0.15, 0.2) is 5.03 Å². The summed E-state index contributed by atoms with van der Waals surface area (Å²) in [6.07, 6.45) is 6.64. The topological polar surface area (TPSA) is 64.4 Å². The Balaban J connectivity index is 1.80. The Bertz CT molecular complexity index is 931. The average Bonchev–Trinajstić information content (AvgIpc) is 3.04. The van der Waals surface area contributed by atoms with Gasteiger partial charge in [-0.3, -0.25) is 9.59 Å². The number of rotatable bonds is 5. The van der Waals surface area contributed by atoms with Crippen molar-refractivity contribution in [2.24, 2.45) is 0 Å². The maximum Gasteiger partial charge on any atom is 0.316 e. The van der Waals surface area contributed by atoms with E-state index in [9.17, 15) is 9.59 Å². The van der Waals surface area contributed by atoms with Gasteiger partial charge in [-0.05, 0) is 38.8 Å². The Morgan fingerprint density at radius 1 is 1.32 bits per heavy atom. The van der Waals surface area contributed by atoms with Crippen LogP contribution in [0.25, 0.3) is 10.3 Å². The van der Waals surface area contributed by atoms with Gasteiger partial charge in [0.25, 0.3) is 5.56 Å². The van der Waals surface area contributed by atoms with Crippen molar-refractivity contribution in [3.05, 3.63) is 20.8 Å². The van der Waals surface area contributed by atoms with Crippen LogP contribution in [-0.4, -0.2) is 46.4 Å². The van der Waals surface area contributed by atoms with Gasteiger partial charge in [-0.25, -0.2) is 4.98 Å².